The molecule has 4 nitrogen and oxygen atoms in total. The molecule has 20 heavy (non-hydrogen) atoms. The van der Waals surface area contributed by atoms with Crippen molar-refractivity contribution in [3.05, 3.63) is 11.3 Å². The molecule has 0 spiro atoms. The van der Waals surface area contributed by atoms with Crippen LogP contribution in [0.3, 0.4) is 0 Å². The fourth-order valence-corrected chi connectivity index (χ4v) is 3.15. The van der Waals surface area contributed by atoms with E-state index in [1.807, 2.05) is 0 Å². The summed E-state index contributed by atoms with van der Waals surface area (Å²) in [5.74, 6) is 1.32. The highest BCUT2D eigenvalue weighted by Gasteiger charge is 2.28. The van der Waals surface area contributed by atoms with Crippen LogP contribution in [0.4, 0.5) is 5.82 Å². The van der Waals surface area contributed by atoms with E-state index in [-0.39, 0.29) is 5.54 Å². The third kappa shape index (κ3) is 3.17. The van der Waals surface area contributed by atoms with Crippen LogP contribution in [0.15, 0.2) is 0 Å². The van der Waals surface area contributed by atoms with Crippen LogP contribution in [-0.4, -0.2) is 27.9 Å². The molecule has 1 aromatic rings. The van der Waals surface area contributed by atoms with Crippen LogP contribution in [0.2, 0.25) is 0 Å². The van der Waals surface area contributed by atoms with Crippen LogP contribution >= 0.6 is 0 Å². The van der Waals surface area contributed by atoms with Gasteiger partial charge in [0.05, 0.1) is 5.69 Å². The Labute approximate surface area is 123 Å². The lowest BCUT2D eigenvalue weighted by Crippen LogP contribution is -2.36. The molecule has 1 aliphatic heterocycles. The minimum Gasteiger partial charge on any atom is -0.354 e. The Hall–Kier alpha value is -1.03. The van der Waals surface area contributed by atoms with Crippen LogP contribution < -0.4 is 10.2 Å². The number of nitrogens with zero attached hydrogens (tertiary/aromatic N) is 3. The summed E-state index contributed by atoms with van der Waals surface area (Å²) in [6, 6.07) is 0.679. The quantitative estimate of drug-likeness (QED) is 0.919. The highest BCUT2D eigenvalue weighted by Crippen LogP contribution is 2.31. The first-order chi connectivity index (χ1) is 9.33. The second-order valence-electron chi connectivity index (χ2n) is 7.01. The van der Waals surface area contributed by atoms with E-state index in [1.165, 1.54) is 37.2 Å². The number of nitrogens with one attached hydrogen (secondary N) is 1. The second kappa shape index (κ2) is 5.76. The van der Waals surface area contributed by atoms with Crippen molar-refractivity contribution in [1.82, 2.24) is 15.1 Å². The molecule has 1 unspecified atom stereocenters. The van der Waals surface area contributed by atoms with Crippen molar-refractivity contribution >= 4 is 5.82 Å². The molecule has 0 aliphatic carbocycles. The van der Waals surface area contributed by atoms with Gasteiger partial charge in [-0.2, -0.15) is 5.10 Å². The summed E-state index contributed by atoms with van der Waals surface area (Å²) in [6.07, 6.45) is 3.83. The number of aryl methyl sites for hydroxylation is 2. The van der Waals surface area contributed by atoms with Crippen molar-refractivity contribution in [3.8, 4) is 0 Å². The van der Waals surface area contributed by atoms with Crippen molar-refractivity contribution in [1.29, 1.82) is 0 Å². The summed E-state index contributed by atoms with van der Waals surface area (Å²) in [5, 5.41) is 8.27. The normalized spacial score (nSPS) is 19.9. The summed E-state index contributed by atoms with van der Waals surface area (Å²) < 4.78 is 2.07. The van der Waals surface area contributed by atoms with Gasteiger partial charge in [-0.3, -0.25) is 4.68 Å². The van der Waals surface area contributed by atoms with Crippen molar-refractivity contribution in [3.63, 3.8) is 0 Å². The fraction of sp³-hybridized carbons (Fsp3) is 0.812. The predicted molar refractivity (Wildman–Crippen MR) is 85.2 cm³/mol. The molecule has 0 saturated carbocycles. The Morgan fingerprint density at radius 1 is 1.35 bits per heavy atom. The molecule has 0 radical (unpaired) electrons. The van der Waals surface area contributed by atoms with Crippen LogP contribution in [0, 0.1) is 6.92 Å². The average molecular weight is 278 g/mol. The number of hydrogen-bond donors (Lipinski definition) is 1. The number of anilines is 1. The molecular formula is C16H30N4. The van der Waals surface area contributed by atoms with Crippen LogP contribution in [0.5, 0.6) is 0 Å². The fourth-order valence-electron chi connectivity index (χ4n) is 3.15. The minimum atomic E-state index is 0.134. The maximum absolute atomic E-state index is 4.66. The maximum atomic E-state index is 4.66. The number of aromatic nitrogens is 2. The molecule has 2 heterocycles. The van der Waals surface area contributed by atoms with Crippen LogP contribution in [0.1, 0.15) is 58.2 Å². The topological polar surface area (TPSA) is 33.1 Å². The molecule has 0 bridgehead atoms. The van der Waals surface area contributed by atoms with Gasteiger partial charge in [0.2, 0.25) is 0 Å². The Kier molecular flexibility index (Phi) is 4.43. The third-order valence-corrected chi connectivity index (χ3v) is 4.23. The van der Waals surface area contributed by atoms with Crippen molar-refractivity contribution in [2.45, 2.75) is 72.0 Å². The maximum Gasteiger partial charge on any atom is 0.131 e. The van der Waals surface area contributed by atoms with E-state index < -0.39 is 0 Å². The van der Waals surface area contributed by atoms with E-state index >= 15 is 0 Å². The first-order valence-corrected chi connectivity index (χ1v) is 7.87. The molecule has 4 heteroatoms. The largest absolute Gasteiger partial charge is 0.354 e. The van der Waals surface area contributed by atoms with Crippen LogP contribution in [0.25, 0.3) is 0 Å². The van der Waals surface area contributed by atoms with Crippen molar-refractivity contribution in [2.24, 2.45) is 7.05 Å². The van der Waals surface area contributed by atoms with E-state index in [4.69, 9.17) is 0 Å². The molecule has 1 aromatic heterocycles. The van der Waals surface area contributed by atoms with Crippen molar-refractivity contribution < 1.29 is 0 Å². The van der Waals surface area contributed by atoms with Gasteiger partial charge in [-0.05, 0) is 47.0 Å². The first kappa shape index (κ1) is 15.4. The molecule has 1 aliphatic rings. The standard InChI is InChI=1S/C16H30N4/c1-7-13-9-8-10-20(13)15-14(11-17-16(3,4)5)12(2)18-19(15)6/h13,17H,7-11H2,1-6H3. The highest BCUT2D eigenvalue weighted by atomic mass is 15.4. The Balaban J connectivity index is 2.28. The average Bonchev–Trinajstić information content (AvgIpc) is 2.89. The predicted octanol–water partition coefficient (Wildman–Crippen LogP) is 3.00. The van der Waals surface area contributed by atoms with E-state index in [1.54, 1.807) is 0 Å². The number of rotatable bonds is 4. The zero-order valence-corrected chi connectivity index (χ0v) is 14.0. The summed E-state index contributed by atoms with van der Waals surface area (Å²) in [6.45, 7) is 13.1. The molecule has 2 rings (SSSR count). The molecule has 0 amide bonds. The zero-order chi connectivity index (χ0) is 14.9. The third-order valence-electron chi connectivity index (χ3n) is 4.23. The van der Waals surface area contributed by atoms with Gasteiger partial charge in [0.15, 0.2) is 0 Å². The molecule has 1 fully saturated rings. The monoisotopic (exact) mass is 278 g/mol. The van der Waals surface area contributed by atoms with E-state index in [0.717, 1.165) is 12.2 Å². The zero-order valence-electron chi connectivity index (χ0n) is 14.0. The van der Waals surface area contributed by atoms with Gasteiger partial charge in [0.25, 0.3) is 0 Å². The van der Waals surface area contributed by atoms with Gasteiger partial charge in [0, 0.05) is 37.3 Å². The Morgan fingerprint density at radius 2 is 2.05 bits per heavy atom. The van der Waals surface area contributed by atoms with Gasteiger partial charge >= 0.3 is 0 Å². The molecular weight excluding hydrogens is 248 g/mol. The summed E-state index contributed by atoms with van der Waals surface area (Å²) in [5.41, 5.74) is 2.65. The number of hydrogen-bond acceptors (Lipinski definition) is 3. The Morgan fingerprint density at radius 3 is 2.65 bits per heavy atom. The van der Waals surface area contributed by atoms with Gasteiger partial charge in [-0.15, -0.1) is 0 Å². The molecule has 1 saturated heterocycles. The van der Waals surface area contributed by atoms with Gasteiger partial charge < -0.3 is 10.2 Å². The lowest BCUT2D eigenvalue weighted by molar-refractivity contribution is 0.423. The summed E-state index contributed by atoms with van der Waals surface area (Å²) in [7, 11) is 2.08. The Bertz CT molecular complexity index is 456. The minimum absolute atomic E-state index is 0.134. The SMILES string of the molecule is CCC1CCCN1c1c(CNC(C)(C)C)c(C)nn1C. The lowest BCUT2D eigenvalue weighted by atomic mass is 10.1. The van der Waals surface area contributed by atoms with Crippen molar-refractivity contribution in [2.75, 3.05) is 11.4 Å². The smallest absolute Gasteiger partial charge is 0.131 e. The lowest BCUT2D eigenvalue weighted by Gasteiger charge is -2.28. The highest BCUT2D eigenvalue weighted by molar-refractivity contribution is 5.52. The van der Waals surface area contributed by atoms with Gasteiger partial charge in [-0.25, -0.2) is 0 Å². The second-order valence-corrected chi connectivity index (χ2v) is 7.01. The first-order valence-electron chi connectivity index (χ1n) is 7.87. The van der Waals surface area contributed by atoms with E-state index in [0.29, 0.717) is 6.04 Å². The summed E-state index contributed by atoms with van der Waals surface area (Å²) >= 11 is 0. The van der Waals surface area contributed by atoms with Gasteiger partial charge in [-0.1, -0.05) is 6.92 Å². The molecule has 1 N–H and O–H groups in total. The van der Waals surface area contributed by atoms with Gasteiger partial charge in [0.1, 0.15) is 5.82 Å². The molecule has 0 aromatic carbocycles. The molecule has 114 valence electrons. The van der Waals surface area contributed by atoms with Crippen LogP contribution in [-0.2, 0) is 13.6 Å². The van der Waals surface area contributed by atoms with E-state index in [9.17, 15) is 0 Å². The molecule has 1 atom stereocenters. The van der Waals surface area contributed by atoms with E-state index in [2.05, 4.69) is 61.7 Å². The summed E-state index contributed by atoms with van der Waals surface area (Å²) in [4.78, 5) is 2.57.